The van der Waals surface area contributed by atoms with E-state index < -0.39 is 0 Å². The van der Waals surface area contributed by atoms with E-state index in [-0.39, 0.29) is 11.3 Å². The Hall–Kier alpha value is -1.38. The van der Waals surface area contributed by atoms with E-state index >= 15 is 0 Å². The van der Waals surface area contributed by atoms with Crippen molar-refractivity contribution in [1.82, 2.24) is 10.3 Å². The van der Waals surface area contributed by atoms with Crippen LogP contribution in [0.5, 0.6) is 0 Å². The maximum absolute atomic E-state index is 11.3. The topological polar surface area (TPSA) is 42.0 Å². The monoisotopic (exact) mass is 190 g/mol. The highest BCUT2D eigenvalue weighted by molar-refractivity contribution is 5.96. The van der Waals surface area contributed by atoms with E-state index in [1.165, 1.54) is 5.56 Å². The first-order valence-corrected chi connectivity index (χ1v) is 4.76. The number of rotatable bonds is 0. The summed E-state index contributed by atoms with van der Waals surface area (Å²) in [5, 5.41) is 2.76. The third kappa shape index (κ3) is 1.39. The highest BCUT2D eigenvalue weighted by Crippen LogP contribution is 2.24. The number of aromatic nitrogens is 1. The zero-order chi connectivity index (χ0) is 10.3. The first-order valence-electron chi connectivity index (χ1n) is 4.76. The van der Waals surface area contributed by atoms with Crippen LogP contribution in [0.2, 0.25) is 0 Å². The van der Waals surface area contributed by atoms with Crippen LogP contribution in [0, 0.1) is 0 Å². The van der Waals surface area contributed by atoms with Gasteiger partial charge in [0.2, 0.25) is 0 Å². The molecule has 14 heavy (non-hydrogen) atoms. The summed E-state index contributed by atoms with van der Waals surface area (Å²) in [6, 6.07) is 2.07. The van der Waals surface area contributed by atoms with Gasteiger partial charge in [0.25, 0.3) is 5.91 Å². The molecule has 0 bridgehead atoms. The van der Waals surface area contributed by atoms with Gasteiger partial charge in [-0.2, -0.15) is 0 Å². The Labute approximate surface area is 83.5 Å². The van der Waals surface area contributed by atoms with Gasteiger partial charge >= 0.3 is 0 Å². The van der Waals surface area contributed by atoms with Crippen LogP contribution in [0.3, 0.4) is 0 Å². The van der Waals surface area contributed by atoms with Crippen LogP contribution < -0.4 is 5.32 Å². The molecule has 0 saturated heterocycles. The van der Waals surface area contributed by atoms with Gasteiger partial charge in [-0.05, 0) is 17.0 Å². The number of hydrogen-bond acceptors (Lipinski definition) is 2. The fourth-order valence-electron chi connectivity index (χ4n) is 1.52. The molecular formula is C11H14N2O. The van der Waals surface area contributed by atoms with Gasteiger partial charge in [-0.3, -0.25) is 9.78 Å². The van der Waals surface area contributed by atoms with Gasteiger partial charge < -0.3 is 5.32 Å². The molecule has 0 radical (unpaired) electrons. The quantitative estimate of drug-likeness (QED) is 0.675. The van der Waals surface area contributed by atoms with Crippen molar-refractivity contribution < 1.29 is 4.79 Å². The Morgan fingerprint density at radius 2 is 2.14 bits per heavy atom. The van der Waals surface area contributed by atoms with Gasteiger partial charge in [-0.15, -0.1) is 0 Å². The average Bonchev–Trinajstić information content (AvgIpc) is 2.46. The van der Waals surface area contributed by atoms with Crippen molar-refractivity contribution in [2.45, 2.75) is 32.7 Å². The summed E-state index contributed by atoms with van der Waals surface area (Å²) in [5.41, 5.74) is 2.86. The Bertz CT molecular complexity index is 391. The second-order valence-corrected chi connectivity index (χ2v) is 4.66. The highest BCUT2D eigenvalue weighted by Gasteiger charge is 2.23. The molecule has 0 aromatic carbocycles. The lowest BCUT2D eigenvalue weighted by molar-refractivity contribution is 0.0961. The molecule has 2 heterocycles. The molecule has 3 heteroatoms. The summed E-state index contributed by atoms with van der Waals surface area (Å²) < 4.78 is 0. The Morgan fingerprint density at radius 1 is 1.43 bits per heavy atom. The van der Waals surface area contributed by atoms with Crippen molar-refractivity contribution in [3.63, 3.8) is 0 Å². The summed E-state index contributed by atoms with van der Waals surface area (Å²) in [6.07, 6.45) is 1.80. The summed E-state index contributed by atoms with van der Waals surface area (Å²) >= 11 is 0. The third-order valence-corrected chi connectivity index (χ3v) is 2.49. The van der Waals surface area contributed by atoms with Gasteiger partial charge in [-0.25, -0.2) is 0 Å². The van der Waals surface area contributed by atoms with Crippen LogP contribution in [0.4, 0.5) is 0 Å². The predicted molar refractivity (Wildman–Crippen MR) is 54.1 cm³/mol. The van der Waals surface area contributed by atoms with E-state index in [2.05, 4.69) is 37.1 Å². The molecular weight excluding hydrogens is 176 g/mol. The molecule has 0 fully saturated rings. The van der Waals surface area contributed by atoms with Crippen LogP contribution in [0.25, 0.3) is 0 Å². The molecule has 3 nitrogen and oxygen atoms in total. The third-order valence-electron chi connectivity index (χ3n) is 2.49. The molecule has 1 aromatic rings. The van der Waals surface area contributed by atoms with Gasteiger partial charge in [0, 0.05) is 18.3 Å². The predicted octanol–water partition coefficient (Wildman–Crippen LogP) is 1.62. The number of fused-ring (bicyclic) bond motifs is 1. The summed E-state index contributed by atoms with van der Waals surface area (Å²) in [7, 11) is 0. The van der Waals surface area contributed by atoms with Crippen LogP contribution >= 0.6 is 0 Å². The van der Waals surface area contributed by atoms with E-state index in [1.807, 2.05) is 0 Å². The fourth-order valence-corrected chi connectivity index (χ4v) is 1.52. The zero-order valence-electron chi connectivity index (χ0n) is 8.72. The minimum absolute atomic E-state index is 0.0551. The lowest BCUT2D eigenvalue weighted by Crippen LogP contribution is -2.14. The molecule has 1 aliphatic heterocycles. The molecule has 0 aliphatic carbocycles. The molecule has 0 unspecified atom stereocenters. The molecule has 0 saturated carbocycles. The summed E-state index contributed by atoms with van der Waals surface area (Å²) in [6.45, 7) is 7.03. The van der Waals surface area contributed by atoms with Crippen molar-refractivity contribution in [2.75, 3.05) is 0 Å². The number of nitrogens with zero attached hydrogens (tertiary/aromatic N) is 1. The van der Waals surface area contributed by atoms with Crippen molar-refractivity contribution in [1.29, 1.82) is 0 Å². The first-order chi connectivity index (χ1) is 6.48. The van der Waals surface area contributed by atoms with Crippen LogP contribution in [-0.2, 0) is 12.0 Å². The van der Waals surface area contributed by atoms with E-state index in [4.69, 9.17) is 0 Å². The van der Waals surface area contributed by atoms with Gasteiger partial charge in [0.15, 0.2) is 0 Å². The fraction of sp³-hybridized carbons (Fsp3) is 0.455. The van der Waals surface area contributed by atoms with Crippen LogP contribution in [0.1, 0.15) is 42.4 Å². The number of amides is 1. The summed E-state index contributed by atoms with van der Waals surface area (Å²) in [5.74, 6) is -0.0551. The Morgan fingerprint density at radius 3 is 2.79 bits per heavy atom. The molecule has 74 valence electrons. The molecule has 1 aliphatic rings. The average molecular weight is 190 g/mol. The standard InChI is InChI=1S/C11H14N2O/c1-11(2,3)8-4-7-5-13-10(14)9(7)12-6-8/h4,6H,5H2,1-3H3,(H,13,14). The number of carbonyl (C=O) groups excluding carboxylic acids is 1. The zero-order valence-corrected chi connectivity index (χ0v) is 8.72. The minimum Gasteiger partial charge on any atom is -0.347 e. The largest absolute Gasteiger partial charge is 0.347 e. The molecule has 0 spiro atoms. The van der Waals surface area contributed by atoms with Crippen molar-refractivity contribution in [2.24, 2.45) is 0 Å². The minimum atomic E-state index is -0.0551. The van der Waals surface area contributed by atoms with Crippen molar-refractivity contribution >= 4 is 5.91 Å². The van der Waals surface area contributed by atoms with Crippen LogP contribution in [0.15, 0.2) is 12.3 Å². The first kappa shape index (κ1) is 9.19. The van der Waals surface area contributed by atoms with Crippen LogP contribution in [-0.4, -0.2) is 10.9 Å². The lowest BCUT2D eigenvalue weighted by Gasteiger charge is -2.18. The van der Waals surface area contributed by atoms with Crippen molar-refractivity contribution in [3.8, 4) is 0 Å². The van der Waals surface area contributed by atoms with E-state index in [0.29, 0.717) is 12.2 Å². The molecule has 1 aromatic heterocycles. The normalized spacial score (nSPS) is 15.2. The SMILES string of the molecule is CC(C)(C)c1cnc2c(c1)CNC2=O. The maximum atomic E-state index is 11.3. The maximum Gasteiger partial charge on any atom is 0.270 e. The second kappa shape index (κ2) is 2.80. The van der Waals surface area contributed by atoms with Gasteiger partial charge in [-0.1, -0.05) is 20.8 Å². The van der Waals surface area contributed by atoms with Crippen molar-refractivity contribution in [3.05, 3.63) is 29.1 Å². The molecule has 1 amide bonds. The number of nitrogens with one attached hydrogen (secondary N) is 1. The highest BCUT2D eigenvalue weighted by atomic mass is 16.2. The molecule has 2 rings (SSSR count). The van der Waals surface area contributed by atoms with Gasteiger partial charge in [0.05, 0.1) is 0 Å². The molecule has 0 atom stereocenters. The smallest absolute Gasteiger partial charge is 0.270 e. The van der Waals surface area contributed by atoms with Gasteiger partial charge in [0.1, 0.15) is 5.69 Å². The number of pyridine rings is 1. The molecule has 1 N–H and O–H groups in total. The van der Waals surface area contributed by atoms with E-state index in [0.717, 1.165) is 5.56 Å². The van der Waals surface area contributed by atoms with E-state index in [1.54, 1.807) is 6.20 Å². The lowest BCUT2D eigenvalue weighted by atomic mass is 9.87. The Balaban J connectivity index is 2.47. The van der Waals surface area contributed by atoms with E-state index in [9.17, 15) is 4.79 Å². The Kier molecular flexibility index (Phi) is 1.84. The number of hydrogen-bond donors (Lipinski definition) is 1. The summed E-state index contributed by atoms with van der Waals surface area (Å²) in [4.78, 5) is 15.4. The number of carbonyl (C=O) groups is 1. The second-order valence-electron chi connectivity index (χ2n) is 4.66.